The lowest BCUT2D eigenvalue weighted by Gasteiger charge is -2.21. The maximum absolute atomic E-state index is 12.8. The van der Waals surface area contributed by atoms with Crippen LogP contribution in [-0.2, 0) is 46.3 Å². The van der Waals surface area contributed by atoms with Crippen molar-refractivity contribution in [2.75, 3.05) is 25.6 Å². The minimum atomic E-state index is -5.45. The summed E-state index contributed by atoms with van der Waals surface area (Å²) in [5.74, 6) is -1.40. The van der Waals surface area contributed by atoms with E-state index in [9.17, 15) is 48.6 Å². The number of aliphatic hydroxyl groups excluding tert-OH is 3. The first-order valence-electron chi connectivity index (χ1n) is 24.4. The van der Waals surface area contributed by atoms with Gasteiger partial charge in [-0.05, 0) is 63.9 Å². The average Bonchev–Trinajstić information content (AvgIpc) is 3.58. The molecular formula is C48H79N3O16P2. The molecule has 3 unspecified atom stereocenters. The molecule has 0 bridgehead atoms. The molecule has 1 aromatic rings. The van der Waals surface area contributed by atoms with Crippen molar-refractivity contribution in [2.45, 2.75) is 185 Å². The fourth-order valence-electron chi connectivity index (χ4n) is 6.90. The van der Waals surface area contributed by atoms with Crippen LogP contribution in [-0.4, -0.2) is 96.9 Å². The fourth-order valence-corrected chi connectivity index (χ4v) is 9.01. The Hall–Kier alpha value is -3.58. The molecule has 8 atom stereocenters. The summed E-state index contributed by atoms with van der Waals surface area (Å²) < 4.78 is 56.6. The van der Waals surface area contributed by atoms with Crippen LogP contribution in [0.5, 0.6) is 0 Å². The second kappa shape index (κ2) is 36.4. The number of aromatic nitrogens is 2. The van der Waals surface area contributed by atoms with Crippen molar-refractivity contribution >= 4 is 33.4 Å². The van der Waals surface area contributed by atoms with Crippen molar-refractivity contribution in [3.05, 3.63) is 83.5 Å². The van der Waals surface area contributed by atoms with Crippen LogP contribution >= 0.6 is 15.6 Å². The molecule has 0 spiro atoms. The van der Waals surface area contributed by atoms with E-state index in [2.05, 4.69) is 59.6 Å². The van der Waals surface area contributed by atoms with Crippen molar-refractivity contribution in [1.82, 2.24) is 9.55 Å². The summed E-state index contributed by atoms with van der Waals surface area (Å²) in [6.45, 7) is 1.88. The van der Waals surface area contributed by atoms with Crippen molar-refractivity contribution in [3.8, 4) is 0 Å². The molecule has 7 N–H and O–H groups in total. The third kappa shape index (κ3) is 29.4. The largest absolute Gasteiger partial charge is 0.481 e. The number of phosphoric acid groups is 2. The van der Waals surface area contributed by atoms with Gasteiger partial charge >= 0.3 is 33.3 Å². The summed E-state index contributed by atoms with van der Waals surface area (Å²) in [6.07, 6.45) is 30.3. The molecular weight excluding hydrogens is 936 g/mol. The zero-order valence-electron chi connectivity index (χ0n) is 40.5. The van der Waals surface area contributed by atoms with Crippen LogP contribution in [0.4, 0.5) is 5.82 Å². The second-order valence-electron chi connectivity index (χ2n) is 16.8. The Morgan fingerprint density at radius 1 is 0.783 bits per heavy atom. The Kier molecular flexibility index (Phi) is 32.4. The second-order valence-corrected chi connectivity index (χ2v) is 19.9. The Bertz CT molecular complexity index is 1910. The number of hydrogen-bond donors (Lipinski definition) is 6. The van der Waals surface area contributed by atoms with Gasteiger partial charge in [-0.2, -0.15) is 9.29 Å². The molecule has 1 aliphatic rings. The summed E-state index contributed by atoms with van der Waals surface area (Å²) in [7, 11) is -10.9. The van der Waals surface area contributed by atoms with Gasteiger partial charge in [0.25, 0.3) is 0 Å². The predicted molar refractivity (Wildman–Crippen MR) is 262 cm³/mol. The van der Waals surface area contributed by atoms with Gasteiger partial charge in [0, 0.05) is 19.0 Å². The lowest BCUT2D eigenvalue weighted by atomic mass is 10.1. The van der Waals surface area contributed by atoms with E-state index < -0.39 is 89.8 Å². The third-order valence-corrected chi connectivity index (χ3v) is 13.3. The number of aliphatic hydroxyl groups is 3. The first-order chi connectivity index (χ1) is 33.1. The van der Waals surface area contributed by atoms with Crippen LogP contribution in [0.25, 0.3) is 0 Å². The molecule has 0 aliphatic carbocycles. The van der Waals surface area contributed by atoms with Crippen LogP contribution in [0.2, 0.25) is 0 Å². The maximum Gasteiger partial charge on any atom is 0.481 e. The highest BCUT2D eigenvalue weighted by molar-refractivity contribution is 7.61. The minimum absolute atomic E-state index is 0.0255. The van der Waals surface area contributed by atoms with Crippen LogP contribution in [0.15, 0.2) is 77.8 Å². The molecule has 69 heavy (non-hydrogen) atoms. The molecule has 0 saturated carbocycles. The molecule has 1 aromatic heterocycles. The SMILES string of the molecule is CC/C=C/C/C=C/C=C/C(O)CCCCCCCC(=O)O[C@H](COC(=O)CCCCCCC/C=C\C=C/CCCCCC)COP(=O)(O)OP(=O)(O)OC[C@H]1O[C@@H](n2ccc(N)nc2=O)[C@H](O)[C@@H]1O. The number of allylic oxidation sites excluding steroid dienone is 9. The molecule has 21 heteroatoms. The summed E-state index contributed by atoms with van der Waals surface area (Å²) in [5.41, 5.74) is 4.57. The third-order valence-electron chi connectivity index (χ3n) is 10.7. The highest BCUT2D eigenvalue weighted by Crippen LogP contribution is 2.60. The van der Waals surface area contributed by atoms with E-state index in [1.807, 2.05) is 18.2 Å². The van der Waals surface area contributed by atoms with Gasteiger partial charge in [-0.1, -0.05) is 139 Å². The molecule has 2 heterocycles. The number of phosphoric ester groups is 2. The van der Waals surface area contributed by atoms with E-state index >= 15 is 0 Å². The fraction of sp³-hybridized carbons (Fsp3) is 0.667. The predicted octanol–water partition coefficient (Wildman–Crippen LogP) is 8.52. The molecule has 0 aromatic carbocycles. The molecule has 1 aliphatic heterocycles. The lowest BCUT2D eigenvalue weighted by molar-refractivity contribution is -0.161. The Morgan fingerprint density at radius 3 is 2.06 bits per heavy atom. The number of ether oxygens (including phenoxy) is 3. The zero-order valence-corrected chi connectivity index (χ0v) is 42.2. The molecule has 392 valence electrons. The quantitative estimate of drug-likeness (QED) is 0.0118. The first-order valence-corrected chi connectivity index (χ1v) is 27.4. The number of nitrogens with zero attached hydrogens (tertiary/aromatic N) is 2. The van der Waals surface area contributed by atoms with Gasteiger partial charge in [0.05, 0.1) is 19.3 Å². The van der Waals surface area contributed by atoms with Gasteiger partial charge < -0.3 is 45.1 Å². The standard InChI is InChI=1S/C48H79N3O16P2/c1-3-5-7-9-11-12-13-14-15-16-17-18-20-24-28-32-43(53)62-36-40(65-44(54)33-29-25-21-23-27-31-39(52)30-26-22-19-10-8-6-4-2)37-63-68(58,59)67-69(60,61)64-38-41-45(55)46(56)47(66-41)51-35-34-42(49)50-48(51)57/h6,8,12-15,19,22,26,30,34-35,39-41,45-47,52,55-56H,3-5,7,9-11,16-18,20-21,23-25,27-29,31-33,36-38H2,1-2H3,(H,58,59)(H,60,61)(H2,49,50,57)/b8-6+,13-12-,15-14-,22-19+,30-26+/t39?,40-,41-,45-,46-,47-/m1/s1. The van der Waals surface area contributed by atoms with Crippen LogP contribution in [0.1, 0.15) is 155 Å². The van der Waals surface area contributed by atoms with Crippen molar-refractivity contribution in [1.29, 1.82) is 0 Å². The van der Waals surface area contributed by atoms with E-state index in [4.69, 9.17) is 29.0 Å². The number of nitrogen functional groups attached to an aromatic ring is 1. The van der Waals surface area contributed by atoms with E-state index in [0.29, 0.717) is 25.7 Å². The Labute approximate surface area is 407 Å². The minimum Gasteiger partial charge on any atom is -0.462 e. The number of hydrogen-bond acceptors (Lipinski definition) is 16. The van der Waals surface area contributed by atoms with Crippen LogP contribution in [0.3, 0.4) is 0 Å². The van der Waals surface area contributed by atoms with E-state index in [-0.39, 0.29) is 18.7 Å². The lowest BCUT2D eigenvalue weighted by Crippen LogP contribution is -2.36. The smallest absolute Gasteiger partial charge is 0.462 e. The summed E-state index contributed by atoms with van der Waals surface area (Å²) in [5, 5.41) is 31.1. The number of carbonyl (C=O) groups excluding carboxylic acids is 2. The summed E-state index contributed by atoms with van der Waals surface area (Å²) >= 11 is 0. The topological polar surface area (TPSA) is 286 Å². The average molecular weight is 1020 g/mol. The molecule has 0 radical (unpaired) electrons. The normalized spacial score (nSPS) is 20.3. The highest BCUT2D eigenvalue weighted by atomic mass is 31.3. The number of esters is 2. The van der Waals surface area contributed by atoms with Gasteiger partial charge in [0.2, 0.25) is 0 Å². The summed E-state index contributed by atoms with van der Waals surface area (Å²) in [4.78, 5) is 61.8. The number of nitrogens with two attached hydrogens (primary N) is 1. The zero-order chi connectivity index (χ0) is 50.8. The monoisotopic (exact) mass is 1020 g/mol. The maximum atomic E-state index is 12.8. The molecule has 1 fully saturated rings. The molecule has 1 saturated heterocycles. The van der Waals surface area contributed by atoms with Crippen LogP contribution < -0.4 is 11.4 Å². The van der Waals surface area contributed by atoms with Gasteiger partial charge in [-0.15, -0.1) is 0 Å². The number of anilines is 1. The van der Waals surface area contributed by atoms with Crippen molar-refractivity contribution < 1.29 is 71.4 Å². The summed E-state index contributed by atoms with van der Waals surface area (Å²) in [6, 6.07) is 1.24. The van der Waals surface area contributed by atoms with Crippen molar-refractivity contribution in [2.24, 2.45) is 0 Å². The van der Waals surface area contributed by atoms with Gasteiger partial charge in [0.1, 0.15) is 30.7 Å². The molecule has 2 rings (SSSR count). The number of carbonyl (C=O) groups is 2. The Balaban J connectivity index is 1.85. The number of unbranched alkanes of at least 4 members (excludes halogenated alkanes) is 13. The van der Waals surface area contributed by atoms with Crippen molar-refractivity contribution in [3.63, 3.8) is 0 Å². The van der Waals surface area contributed by atoms with E-state index in [1.54, 1.807) is 6.08 Å². The first kappa shape index (κ1) is 61.5. The highest BCUT2D eigenvalue weighted by Gasteiger charge is 2.46. The van der Waals surface area contributed by atoms with Gasteiger partial charge in [-0.3, -0.25) is 23.2 Å². The van der Waals surface area contributed by atoms with E-state index in [1.165, 1.54) is 31.7 Å². The molecule has 0 amide bonds. The number of rotatable bonds is 39. The van der Waals surface area contributed by atoms with Crippen LogP contribution in [0, 0.1) is 0 Å². The van der Waals surface area contributed by atoms with E-state index in [0.717, 1.165) is 81.4 Å². The van der Waals surface area contributed by atoms with Gasteiger partial charge in [0.15, 0.2) is 12.3 Å². The Morgan fingerprint density at radius 2 is 1.39 bits per heavy atom. The molecule has 19 nitrogen and oxygen atoms in total. The van der Waals surface area contributed by atoms with Gasteiger partial charge in [-0.25, -0.2) is 13.9 Å².